The third-order valence-corrected chi connectivity index (χ3v) is 6.27. The SMILES string of the molecule is CCc1cc(N2CCN(C(=O)Cn3nc(-c4cc(C)c(F)c(C)c4)cc3CC)CC2)ncn1. The van der Waals surface area contributed by atoms with Crippen molar-refractivity contribution in [3.8, 4) is 11.3 Å². The van der Waals surface area contributed by atoms with Crippen LogP contribution >= 0.6 is 0 Å². The Morgan fingerprint density at radius 3 is 2.30 bits per heavy atom. The van der Waals surface area contributed by atoms with E-state index in [1.807, 2.05) is 36.1 Å². The summed E-state index contributed by atoms with van der Waals surface area (Å²) in [6.45, 7) is 10.6. The van der Waals surface area contributed by atoms with Gasteiger partial charge in [0.15, 0.2) is 0 Å². The maximum absolute atomic E-state index is 14.0. The summed E-state index contributed by atoms with van der Waals surface area (Å²) < 4.78 is 15.8. The molecule has 8 heteroatoms. The molecule has 1 fully saturated rings. The number of hydrogen-bond acceptors (Lipinski definition) is 5. The molecule has 0 saturated carbocycles. The lowest BCUT2D eigenvalue weighted by Crippen LogP contribution is -2.50. The quantitative estimate of drug-likeness (QED) is 0.574. The van der Waals surface area contributed by atoms with Gasteiger partial charge >= 0.3 is 0 Å². The second kappa shape index (κ2) is 9.68. The first-order chi connectivity index (χ1) is 15.9. The van der Waals surface area contributed by atoms with Crippen LogP contribution in [0.3, 0.4) is 0 Å². The van der Waals surface area contributed by atoms with Gasteiger partial charge in [0.25, 0.3) is 0 Å². The minimum absolute atomic E-state index is 0.0578. The van der Waals surface area contributed by atoms with Crippen LogP contribution in [0, 0.1) is 19.7 Å². The van der Waals surface area contributed by atoms with Crippen LogP contribution in [0.25, 0.3) is 11.3 Å². The molecule has 7 nitrogen and oxygen atoms in total. The van der Waals surface area contributed by atoms with E-state index in [1.54, 1.807) is 24.9 Å². The number of aryl methyl sites for hydroxylation is 4. The molecule has 1 aliphatic heterocycles. The normalized spacial score (nSPS) is 14.1. The Morgan fingerprint density at radius 1 is 0.970 bits per heavy atom. The second-order valence-electron chi connectivity index (χ2n) is 8.55. The molecule has 1 aliphatic rings. The molecule has 2 aromatic heterocycles. The number of rotatable bonds is 6. The zero-order chi connectivity index (χ0) is 23.5. The third-order valence-electron chi connectivity index (χ3n) is 6.27. The zero-order valence-corrected chi connectivity index (χ0v) is 19.8. The minimum atomic E-state index is -0.184. The summed E-state index contributed by atoms with van der Waals surface area (Å²) in [5.41, 5.74) is 4.85. The van der Waals surface area contributed by atoms with Crippen LogP contribution < -0.4 is 4.90 Å². The van der Waals surface area contributed by atoms with E-state index >= 15 is 0 Å². The summed E-state index contributed by atoms with van der Waals surface area (Å²) in [6.07, 6.45) is 3.24. The van der Waals surface area contributed by atoms with Crippen molar-refractivity contribution in [1.82, 2.24) is 24.6 Å². The Balaban J connectivity index is 1.44. The van der Waals surface area contributed by atoms with Crippen LogP contribution in [0.5, 0.6) is 0 Å². The number of carbonyl (C=O) groups is 1. The van der Waals surface area contributed by atoms with Crippen LogP contribution in [-0.4, -0.2) is 56.7 Å². The molecule has 0 N–H and O–H groups in total. The van der Waals surface area contributed by atoms with Crippen molar-refractivity contribution in [2.24, 2.45) is 0 Å². The van der Waals surface area contributed by atoms with Gasteiger partial charge in [0.2, 0.25) is 5.91 Å². The van der Waals surface area contributed by atoms with Crippen molar-refractivity contribution in [3.63, 3.8) is 0 Å². The molecule has 0 radical (unpaired) electrons. The first kappa shape index (κ1) is 22.9. The van der Waals surface area contributed by atoms with Gasteiger partial charge < -0.3 is 9.80 Å². The zero-order valence-electron chi connectivity index (χ0n) is 19.8. The van der Waals surface area contributed by atoms with E-state index < -0.39 is 0 Å². The molecule has 3 heterocycles. The van der Waals surface area contributed by atoms with Crippen LogP contribution in [0.15, 0.2) is 30.6 Å². The van der Waals surface area contributed by atoms with E-state index in [0.29, 0.717) is 24.2 Å². The maximum atomic E-state index is 14.0. The molecule has 1 amide bonds. The van der Waals surface area contributed by atoms with E-state index in [2.05, 4.69) is 21.8 Å². The number of carbonyl (C=O) groups excluding carboxylic acids is 1. The highest BCUT2D eigenvalue weighted by atomic mass is 19.1. The molecule has 0 unspecified atom stereocenters. The number of benzene rings is 1. The number of aromatic nitrogens is 4. The number of anilines is 1. The Labute approximate surface area is 194 Å². The van der Waals surface area contributed by atoms with Gasteiger partial charge in [-0.3, -0.25) is 9.48 Å². The van der Waals surface area contributed by atoms with Crippen molar-refractivity contribution < 1.29 is 9.18 Å². The van der Waals surface area contributed by atoms with E-state index in [9.17, 15) is 9.18 Å². The number of amides is 1. The van der Waals surface area contributed by atoms with Crippen molar-refractivity contribution in [1.29, 1.82) is 0 Å². The monoisotopic (exact) mass is 450 g/mol. The molecule has 0 bridgehead atoms. The van der Waals surface area contributed by atoms with Gasteiger partial charge in [-0.05, 0) is 56.0 Å². The molecule has 1 aromatic carbocycles. The Morgan fingerprint density at radius 2 is 1.67 bits per heavy atom. The molecule has 1 saturated heterocycles. The summed E-state index contributed by atoms with van der Waals surface area (Å²) in [5, 5.41) is 4.70. The molecular weight excluding hydrogens is 419 g/mol. The number of halogens is 1. The Kier molecular flexibility index (Phi) is 6.72. The number of hydrogen-bond donors (Lipinski definition) is 0. The molecule has 33 heavy (non-hydrogen) atoms. The van der Waals surface area contributed by atoms with Crippen LogP contribution in [0.1, 0.15) is 36.4 Å². The fraction of sp³-hybridized carbons (Fsp3) is 0.440. The third kappa shape index (κ3) is 4.89. The van der Waals surface area contributed by atoms with Crippen molar-refractivity contribution in [2.75, 3.05) is 31.1 Å². The van der Waals surface area contributed by atoms with E-state index in [4.69, 9.17) is 5.10 Å². The fourth-order valence-electron chi connectivity index (χ4n) is 4.28. The van der Waals surface area contributed by atoms with Gasteiger partial charge in [-0.15, -0.1) is 0 Å². The van der Waals surface area contributed by atoms with Crippen LogP contribution in [0.4, 0.5) is 10.2 Å². The van der Waals surface area contributed by atoms with Gasteiger partial charge in [-0.2, -0.15) is 5.10 Å². The van der Waals surface area contributed by atoms with Gasteiger partial charge in [-0.1, -0.05) is 13.8 Å². The Hall–Kier alpha value is -3.29. The van der Waals surface area contributed by atoms with E-state index in [0.717, 1.165) is 54.4 Å². The highest BCUT2D eigenvalue weighted by Gasteiger charge is 2.23. The highest BCUT2D eigenvalue weighted by molar-refractivity contribution is 5.76. The molecule has 3 aromatic rings. The molecule has 174 valence electrons. The highest BCUT2D eigenvalue weighted by Crippen LogP contribution is 2.25. The predicted octanol–water partition coefficient (Wildman–Crippen LogP) is 3.57. The first-order valence-electron chi connectivity index (χ1n) is 11.6. The summed E-state index contributed by atoms with van der Waals surface area (Å²) in [6, 6.07) is 7.64. The summed E-state index contributed by atoms with van der Waals surface area (Å²) in [4.78, 5) is 25.8. The maximum Gasteiger partial charge on any atom is 0.244 e. The lowest BCUT2D eigenvalue weighted by atomic mass is 10.0. The standard InChI is InChI=1S/C25H31FN6O/c1-5-20-13-23(28-16-27-20)30-7-9-31(10-8-30)24(33)15-32-21(6-2)14-22(29-32)19-11-17(3)25(26)18(4)12-19/h11-14,16H,5-10,15H2,1-4H3. The lowest BCUT2D eigenvalue weighted by Gasteiger charge is -2.35. The van der Waals surface area contributed by atoms with Gasteiger partial charge in [0.05, 0.1) is 5.69 Å². The van der Waals surface area contributed by atoms with E-state index in [-0.39, 0.29) is 18.3 Å². The summed E-state index contributed by atoms with van der Waals surface area (Å²) in [5.74, 6) is 0.794. The number of piperazine rings is 1. The fourth-order valence-corrected chi connectivity index (χ4v) is 4.28. The van der Waals surface area contributed by atoms with Gasteiger partial charge in [-0.25, -0.2) is 14.4 Å². The molecule has 0 aliphatic carbocycles. The number of nitrogens with zero attached hydrogens (tertiary/aromatic N) is 6. The smallest absolute Gasteiger partial charge is 0.244 e. The lowest BCUT2D eigenvalue weighted by molar-refractivity contribution is -0.132. The Bertz CT molecular complexity index is 1130. The average molecular weight is 451 g/mol. The van der Waals surface area contributed by atoms with Crippen molar-refractivity contribution in [2.45, 2.75) is 47.1 Å². The predicted molar refractivity (Wildman–Crippen MR) is 127 cm³/mol. The van der Waals surface area contributed by atoms with Gasteiger partial charge in [0.1, 0.15) is 24.5 Å². The van der Waals surface area contributed by atoms with Crippen molar-refractivity contribution in [3.05, 3.63) is 58.9 Å². The van der Waals surface area contributed by atoms with E-state index in [1.165, 1.54) is 0 Å². The van der Waals surface area contributed by atoms with Crippen LogP contribution in [-0.2, 0) is 24.2 Å². The molecule has 4 rings (SSSR count). The molecule has 0 atom stereocenters. The topological polar surface area (TPSA) is 67.2 Å². The molecular formula is C25H31FN6O. The largest absolute Gasteiger partial charge is 0.353 e. The first-order valence-corrected chi connectivity index (χ1v) is 11.6. The van der Waals surface area contributed by atoms with Crippen molar-refractivity contribution >= 4 is 11.7 Å². The summed E-state index contributed by atoms with van der Waals surface area (Å²) >= 11 is 0. The summed E-state index contributed by atoms with van der Waals surface area (Å²) in [7, 11) is 0. The van der Waals surface area contributed by atoms with Crippen LogP contribution in [0.2, 0.25) is 0 Å². The minimum Gasteiger partial charge on any atom is -0.353 e. The molecule has 0 spiro atoms. The average Bonchev–Trinajstić information content (AvgIpc) is 3.25. The van der Waals surface area contributed by atoms with Gasteiger partial charge in [0, 0.05) is 49.2 Å². The second-order valence-corrected chi connectivity index (χ2v) is 8.55.